The van der Waals surface area contributed by atoms with Crippen LogP contribution in [0.4, 0.5) is 0 Å². The quantitative estimate of drug-likeness (QED) is 0.538. The van der Waals surface area contributed by atoms with Crippen molar-refractivity contribution in [3.8, 4) is 6.57 Å². The molecule has 1 aliphatic carbocycles. The summed E-state index contributed by atoms with van der Waals surface area (Å²) in [5.74, 6) is 0. The molecule has 1 nitrogen and oxygen atoms in total. The van der Waals surface area contributed by atoms with E-state index in [4.69, 9.17) is 6.57 Å². The van der Waals surface area contributed by atoms with Crippen LogP contribution in [0.2, 0.25) is 0 Å². The maximum Gasteiger partial charge on any atom is 0.285 e. The Bertz CT molecular complexity index is 238. The molecule has 1 heteroatoms. The number of allylic oxidation sites excluding steroid dienone is 3. The van der Waals surface area contributed by atoms with Gasteiger partial charge in [0, 0.05) is 5.57 Å². The topological polar surface area (TPSA) is 4.36 Å². The van der Waals surface area contributed by atoms with E-state index in [1.165, 1.54) is 5.57 Å². The molecule has 0 aromatic carbocycles. The van der Waals surface area contributed by atoms with Crippen LogP contribution >= 0.6 is 0 Å². The van der Waals surface area contributed by atoms with E-state index in [2.05, 4.69) is 36.9 Å². The molecule has 0 saturated carbocycles. The fourth-order valence-corrected chi connectivity index (χ4v) is 1.27. The van der Waals surface area contributed by atoms with Crippen LogP contribution in [0.5, 0.6) is 0 Å². The van der Waals surface area contributed by atoms with Gasteiger partial charge in [0.25, 0.3) is 13.1 Å². The maximum atomic E-state index is 5.14. The van der Waals surface area contributed by atoms with E-state index in [0.29, 0.717) is 6.54 Å². The lowest BCUT2D eigenvalue weighted by Crippen LogP contribution is -2.17. The summed E-state index contributed by atoms with van der Waals surface area (Å²) in [4.78, 5) is 3.65. The molecule has 0 atom stereocenters. The molecular formula is C10H14N+. The van der Waals surface area contributed by atoms with Gasteiger partial charge in [-0.25, -0.2) is 0 Å². The monoisotopic (exact) mass is 148 g/mol. The van der Waals surface area contributed by atoms with Crippen molar-refractivity contribution in [2.24, 2.45) is 5.41 Å². The van der Waals surface area contributed by atoms with Crippen LogP contribution in [0.3, 0.4) is 0 Å². The molecule has 0 bridgehead atoms. The lowest BCUT2D eigenvalue weighted by Gasteiger charge is -2.24. The van der Waals surface area contributed by atoms with Crippen LogP contribution in [0, 0.1) is 12.0 Å². The Labute approximate surface area is 68.2 Å². The summed E-state index contributed by atoms with van der Waals surface area (Å²) in [5, 5.41) is 0. The van der Waals surface area contributed by atoms with Gasteiger partial charge in [-0.3, -0.25) is 0 Å². The molecule has 0 spiro atoms. The number of nitrogens with zero attached hydrogens (tertiary/aromatic N) is 1. The molecule has 0 amide bonds. The van der Waals surface area contributed by atoms with Crippen LogP contribution in [0.15, 0.2) is 23.8 Å². The minimum Gasteiger partial charge on any atom is -0.0837 e. The van der Waals surface area contributed by atoms with Gasteiger partial charge in [-0.1, -0.05) is 36.9 Å². The van der Waals surface area contributed by atoms with E-state index in [0.717, 1.165) is 6.42 Å². The first-order chi connectivity index (χ1) is 5.17. The van der Waals surface area contributed by atoms with Gasteiger partial charge < -0.3 is 0 Å². The van der Waals surface area contributed by atoms with Crippen molar-refractivity contribution in [1.29, 1.82) is 0 Å². The predicted molar refractivity (Wildman–Crippen MR) is 48.8 cm³/mol. The normalized spacial score (nSPS) is 20.6. The molecule has 0 fully saturated rings. The van der Waals surface area contributed by atoms with Gasteiger partial charge in [0.2, 0.25) is 0 Å². The van der Waals surface area contributed by atoms with Crippen molar-refractivity contribution in [2.45, 2.75) is 20.3 Å². The maximum absolute atomic E-state index is 5.14. The minimum absolute atomic E-state index is 0.248. The molecule has 0 heterocycles. The van der Waals surface area contributed by atoms with E-state index in [-0.39, 0.29) is 5.41 Å². The van der Waals surface area contributed by atoms with Crippen molar-refractivity contribution < 1.29 is 0 Å². The van der Waals surface area contributed by atoms with Gasteiger partial charge in [0.1, 0.15) is 0 Å². The molecule has 0 aromatic heterocycles. The second kappa shape index (κ2) is 2.92. The summed E-state index contributed by atoms with van der Waals surface area (Å²) < 4.78 is 0. The first-order valence-corrected chi connectivity index (χ1v) is 3.90. The van der Waals surface area contributed by atoms with Crippen LogP contribution in [0.1, 0.15) is 20.3 Å². The number of rotatable bonds is 1. The summed E-state index contributed by atoms with van der Waals surface area (Å²) in [5.41, 5.74) is 1.57. The van der Waals surface area contributed by atoms with Gasteiger partial charge in [-0.05, 0) is 11.8 Å². The predicted octanol–water partition coefficient (Wildman–Crippen LogP) is 2.86. The highest BCUT2D eigenvalue weighted by Gasteiger charge is 2.25. The van der Waals surface area contributed by atoms with Gasteiger partial charge >= 0.3 is 0 Å². The van der Waals surface area contributed by atoms with Crippen molar-refractivity contribution in [3.63, 3.8) is 0 Å². The zero-order chi connectivity index (χ0) is 8.32. The third kappa shape index (κ3) is 1.71. The molecule has 0 radical (unpaired) electrons. The van der Waals surface area contributed by atoms with Crippen molar-refractivity contribution in [3.05, 3.63) is 28.6 Å². The molecule has 0 aliphatic heterocycles. The molecule has 58 valence electrons. The van der Waals surface area contributed by atoms with Crippen molar-refractivity contribution in [2.75, 3.05) is 6.54 Å². The van der Waals surface area contributed by atoms with Gasteiger partial charge in [-0.15, -0.1) is 0 Å². The molecule has 0 unspecified atom stereocenters. The van der Waals surface area contributed by atoms with Gasteiger partial charge in [0.05, 0.1) is 0 Å². The molecule has 0 N–H and O–H groups in total. The van der Waals surface area contributed by atoms with E-state index in [1.807, 2.05) is 0 Å². The molecule has 0 aromatic rings. The highest BCUT2D eigenvalue weighted by Crippen LogP contribution is 2.33. The molecular weight excluding hydrogens is 134 g/mol. The average Bonchev–Trinajstić information content (AvgIpc) is 1.94. The molecule has 0 saturated heterocycles. The second-order valence-corrected chi connectivity index (χ2v) is 3.55. The first-order valence-electron chi connectivity index (χ1n) is 3.90. The standard InChI is InChI=1S/C10H14N/c1-10(2)7-5-4-6-9(10)8-11-3/h3-6H,7-8H2,1-2H3/q+1. The lowest BCUT2D eigenvalue weighted by atomic mass is 9.78. The number of hydrogen-bond acceptors (Lipinski definition) is 0. The Morgan fingerprint density at radius 2 is 2.36 bits per heavy atom. The second-order valence-electron chi connectivity index (χ2n) is 3.55. The zero-order valence-electron chi connectivity index (χ0n) is 7.17. The summed E-state index contributed by atoms with van der Waals surface area (Å²) in [6.07, 6.45) is 7.46. The molecule has 11 heavy (non-hydrogen) atoms. The van der Waals surface area contributed by atoms with Crippen LogP contribution in [-0.2, 0) is 0 Å². The minimum atomic E-state index is 0.248. The molecule has 1 rings (SSSR count). The average molecular weight is 148 g/mol. The largest absolute Gasteiger partial charge is 0.285 e. The highest BCUT2D eigenvalue weighted by atomic mass is 14.6. The van der Waals surface area contributed by atoms with Crippen LogP contribution in [0.25, 0.3) is 4.85 Å². The van der Waals surface area contributed by atoms with Gasteiger partial charge in [0.15, 0.2) is 0 Å². The Hall–Kier alpha value is -1.03. The first kappa shape index (κ1) is 8.07. The van der Waals surface area contributed by atoms with E-state index >= 15 is 0 Å². The fourth-order valence-electron chi connectivity index (χ4n) is 1.27. The third-order valence-corrected chi connectivity index (χ3v) is 2.19. The van der Waals surface area contributed by atoms with Crippen LogP contribution in [-0.4, -0.2) is 6.54 Å². The number of hydrogen-bond donors (Lipinski definition) is 0. The van der Waals surface area contributed by atoms with E-state index in [1.54, 1.807) is 0 Å². The Morgan fingerprint density at radius 1 is 1.64 bits per heavy atom. The van der Waals surface area contributed by atoms with Crippen molar-refractivity contribution >= 4 is 0 Å². The highest BCUT2D eigenvalue weighted by molar-refractivity contribution is 5.27. The van der Waals surface area contributed by atoms with Crippen molar-refractivity contribution in [1.82, 2.24) is 0 Å². The summed E-state index contributed by atoms with van der Waals surface area (Å²) in [6.45, 7) is 10.2. The van der Waals surface area contributed by atoms with E-state index < -0.39 is 0 Å². The summed E-state index contributed by atoms with van der Waals surface area (Å²) in [6, 6.07) is 0. The lowest BCUT2D eigenvalue weighted by molar-refractivity contribution is 0.446. The third-order valence-electron chi connectivity index (χ3n) is 2.19. The zero-order valence-corrected chi connectivity index (χ0v) is 7.17. The fraction of sp³-hybridized carbons (Fsp3) is 0.500. The Kier molecular flexibility index (Phi) is 2.14. The van der Waals surface area contributed by atoms with Crippen LogP contribution < -0.4 is 0 Å². The summed E-state index contributed by atoms with van der Waals surface area (Å²) >= 11 is 0. The smallest absolute Gasteiger partial charge is 0.0837 e. The van der Waals surface area contributed by atoms with Gasteiger partial charge in [-0.2, -0.15) is 0 Å². The summed E-state index contributed by atoms with van der Waals surface area (Å²) in [7, 11) is 0. The SMILES string of the molecule is C#[N+]CC1=CC=CCC1(C)C. The Balaban J connectivity index is 2.81. The van der Waals surface area contributed by atoms with E-state index in [9.17, 15) is 0 Å². The Morgan fingerprint density at radius 3 is 2.91 bits per heavy atom. The molecule has 1 aliphatic rings.